The van der Waals surface area contributed by atoms with Crippen molar-refractivity contribution in [2.75, 3.05) is 26.2 Å². The van der Waals surface area contributed by atoms with Gasteiger partial charge in [0.2, 0.25) is 5.89 Å². The van der Waals surface area contributed by atoms with Gasteiger partial charge in [0.1, 0.15) is 0 Å². The minimum atomic E-state index is 0.135. The topological polar surface area (TPSA) is 71.3 Å². The lowest BCUT2D eigenvalue weighted by Crippen LogP contribution is -2.44. The van der Waals surface area contributed by atoms with Gasteiger partial charge in [-0.05, 0) is 50.3 Å². The highest BCUT2D eigenvalue weighted by Gasteiger charge is 2.38. The van der Waals surface area contributed by atoms with Crippen LogP contribution in [0, 0.1) is 12.3 Å². The number of benzene rings is 1. The molecule has 138 valence electrons. The van der Waals surface area contributed by atoms with Crippen LogP contribution < -0.4 is 5.32 Å². The summed E-state index contributed by atoms with van der Waals surface area (Å²) >= 11 is 1.57. The van der Waals surface area contributed by atoms with Crippen molar-refractivity contribution in [1.82, 2.24) is 20.4 Å². The van der Waals surface area contributed by atoms with Gasteiger partial charge in [0.15, 0.2) is 5.82 Å². The van der Waals surface area contributed by atoms with Gasteiger partial charge >= 0.3 is 0 Å². The first-order valence-corrected chi connectivity index (χ1v) is 10.1. The normalized spacial score (nSPS) is 19.2. The van der Waals surface area contributed by atoms with E-state index in [9.17, 15) is 4.79 Å². The summed E-state index contributed by atoms with van der Waals surface area (Å²) in [5, 5.41) is 7.29. The Morgan fingerprint density at radius 2 is 2.12 bits per heavy atom. The second-order valence-corrected chi connectivity index (χ2v) is 8.26. The molecule has 2 aliphatic rings. The zero-order valence-electron chi connectivity index (χ0n) is 15.0. The number of carbonyl (C=O) groups is 1. The molecule has 26 heavy (non-hydrogen) atoms. The summed E-state index contributed by atoms with van der Waals surface area (Å²) in [7, 11) is 0. The van der Waals surface area contributed by atoms with Crippen molar-refractivity contribution in [2.24, 2.45) is 5.41 Å². The largest absolute Gasteiger partial charge is 0.339 e. The number of aromatic nitrogens is 2. The third kappa shape index (κ3) is 3.64. The first-order chi connectivity index (χ1) is 12.7. The van der Waals surface area contributed by atoms with E-state index < -0.39 is 0 Å². The monoisotopic (exact) mass is 372 g/mol. The molecule has 0 radical (unpaired) electrons. The lowest BCUT2D eigenvalue weighted by molar-refractivity contribution is 0.0604. The zero-order chi connectivity index (χ0) is 18.0. The number of likely N-dealkylation sites (tertiary alicyclic amines) is 1. The van der Waals surface area contributed by atoms with Crippen LogP contribution in [0.3, 0.4) is 0 Å². The fraction of sp³-hybridized carbons (Fsp3) is 0.526. The average Bonchev–Trinajstić information content (AvgIpc) is 3.29. The van der Waals surface area contributed by atoms with Gasteiger partial charge in [0.25, 0.3) is 5.91 Å². The molecule has 7 heteroatoms. The van der Waals surface area contributed by atoms with Crippen LogP contribution in [0.15, 0.2) is 33.7 Å². The van der Waals surface area contributed by atoms with Gasteiger partial charge in [-0.3, -0.25) is 4.79 Å². The molecule has 1 aromatic carbocycles. The molecule has 2 aliphatic heterocycles. The molecule has 0 aliphatic carbocycles. The van der Waals surface area contributed by atoms with Crippen LogP contribution in [0.2, 0.25) is 0 Å². The Kier molecular flexibility index (Phi) is 5.00. The van der Waals surface area contributed by atoms with Gasteiger partial charge in [0, 0.05) is 24.5 Å². The summed E-state index contributed by atoms with van der Waals surface area (Å²) in [5.74, 6) is 1.92. The fourth-order valence-corrected chi connectivity index (χ4v) is 4.77. The number of carbonyl (C=O) groups excluding carboxylic acids is 1. The highest BCUT2D eigenvalue weighted by atomic mass is 32.2. The molecule has 0 atom stereocenters. The van der Waals surface area contributed by atoms with Crippen LogP contribution in [-0.2, 0) is 5.75 Å². The predicted molar refractivity (Wildman–Crippen MR) is 100 cm³/mol. The summed E-state index contributed by atoms with van der Waals surface area (Å²) in [4.78, 5) is 20.3. The second-order valence-electron chi connectivity index (χ2n) is 7.24. The van der Waals surface area contributed by atoms with Crippen molar-refractivity contribution in [3.63, 3.8) is 0 Å². The van der Waals surface area contributed by atoms with Gasteiger partial charge in [-0.1, -0.05) is 17.3 Å². The number of hydrogen-bond donors (Lipinski definition) is 1. The van der Waals surface area contributed by atoms with Crippen LogP contribution in [0.4, 0.5) is 0 Å². The Balaban J connectivity index is 1.43. The average molecular weight is 372 g/mol. The molecule has 1 N–H and O–H groups in total. The number of thioether (sulfide) groups is 1. The second kappa shape index (κ2) is 7.40. The van der Waals surface area contributed by atoms with E-state index in [1.165, 1.54) is 6.42 Å². The molecule has 3 heterocycles. The van der Waals surface area contributed by atoms with Gasteiger partial charge in [0.05, 0.1) is 11.3 Å². The van der Waals surface area contributed by atoms with E-state index in [0.29, 0.717) is 22.9 Å². The van der Waals surface area contributed by atoms with Crippen LogP contribution in [-0.4, -0.2) is 47.1 Å². The molecule has 4 rings (SSSR count). The van der Waals surface area contributed by atoms with Crippen molar-refractivity contribution in [1.29, 1.82) is 0 Å². The fourth-order valence-electron chi connectivity index (χ4n) is 3.88. The Labute approximate surface area is 157 Å². The summed E-state index contributed by atoms with van der Waals surface area (Å²) in [6, 6.07) is 7.81. The first kappa shape index (κ1) is 17.5. The van der Waals surface area contributed by atoms with Gasteiger partial charge in [-0.25, -0.2) is 0 Å². The number of nitrogens with one attached hydrogen (secondary N) is 1. The van der Waals surface area contributed by atoms with Crippen molar-refractivity contribution in [2.45, 2.75) is 36.8 Å². The van der Waals surface area contributed by atoms with Gasteiger partial charge in [-0.15, -0.1) is 11.8 Å². The number of rotatable bonds is 4. The molecule has 1 amide bonds. The molecule has 1 aromatic heterocycles. The Bertz CT molecular complexity index is 775. The van der Waals surface area contributed by atoms with Crippen molar-refractivity contribution in [3.05, 3.63) is 41.5 Å². The molecule has 2 fully saturated rings. The van der Waals surface area contributed by atoms with Crippen LogP contribution in [0.1, 0.15) is 41.3 Å². The lowest BCUT2D eigenvalue weighted by Gasteiger charge is -2.39. The van der Waals surface area contributed by atoms with Gasteiger partial charge < -0.3 is 14.7 Å². The van der Waals surface area contributed by atoms with E-state index in [-0.39, 0.29) is 5.91 Å². The number of hydrogen-bond acceptors (Lipinski definition) is 6. The molecule has 0 saturated carbocycles. The number of aryl methyl sites for hydroxylation is 1. The summed E-state index contributed by atoms with van der Waals surface area (Å²) < 4.78 is 5.17. The van der Waals surface area contributed by atoms with E-state index >= 15 is 0 Å². The van der Waals surface area contributed by atoms with Crippen molar-refractivity contribution >= 4 is 17.7 Å². The number of piperidine rings is 1. The molecule has 0 unspecified atom stereocenters. The Hall–Kier alpha value is -1.86. The minimum Gasteiger partial charge on any atom is -0.339 e. The summed E-state index contributed by atoms with van der Waals surface area (Å²) in [6.07, 6.45) is 3.44. The molecule has 6 nitrogen and oxygen atoms in total. The van der Waals surface area contributed by atoms with E-state index in [4.69, 9.17) is 4.52 Å². The third-order valence-corrected chi connectivity index (χ3v) is 6.54. The summed E-state index contributed by atoms with van der Waals surface area (Å²) in [5.41, 5.74) is 1.19. The molecular formula is C19H24N4O2S. The standard InChI is InChI=1S/C19H24N4O2S/c1-14-21-17(25-22-14)12-26-16-5-3-2-4-15(16)18(24)23-10-7-19(8-11-23)6-9-20-13-19/h2-5,20H,6-13H2,1H3. The Morgan fingerprint density at radius 1 is 1.31 bits per heavy atom. The van der Waals surface area contributed by atoms with Crippen molar-refractivity contribution in [3.8, 4) is 0 Å². The molecule has 2 aromatic rings. The van der Waals surface area contributed by atoms with Crippen molar-refractivity contribution < 1.29 is 9.32 Å². The van der Waals surface area contributed by atoms with E-state index in [0.717, 1.165) is 49.5 Å². The third-order valence-electron chi connectivity index (χ3n) is 5.48. The smallest absolute Gasteiger partial charge is 0.254 e. The quantitative estimate of drug-likeness (QED) is 0.832. The lowest BCUT2D eigenvalue weighted by atomic mass is 9.78. The maximum absolute atomic E-state index is 13.1. The maximum Gasteiger partial charge on any atom is 0.254 e. The first-order valence-electron chi connectivity index (χ1n) is 9.16. The molecular weight excluding hydrogens is 348 g/mol. The minimum absolute atomic E-state index is 0.135. The van der Waals surface area contributed by atoms with E-state index in [1.54, 1.807) is 18.7 Å². The SMILES string of the molecule is Cc1noc(CSc2ccccc2C(=O)N2CCC3(CCNC3)CC2)n1. The number of amides is 1. The maximum atomic E-state index is 13.1. The predicted octanol–water partition coefficient (Wildman–Crippen LogP) is 2.89. The van der Waals surface area contributed by atoms with Crippen LogP contribution in [0.5, 0.6) is 0 Å². The molecule has 0 bridgehead atoms. The van der Waals surface area contributed by atoms with Gasteiger partial charge in [-0.2, -0.15) is 4.98 Å². The van der Waals surface area contributed by atoms with Crippen LogP contribution >= 0.6 is 11.8 Å². The number of nitrogens with zero attached hydrogens (tertiary/aromatic N) is 3. The zero-order valence-corrected chi connectivity index (χ0v) is 15.8. The van der Waals surface area contributed by atoms with E-state index in [1.807, 2.05) is 29.2 Å². The van der Waals surface area contributed by atoms with E-state index in [2.05, 4.69) is 15.5 Å². The Morgan fingerprint density at radius 3 is 2.81 bits per heavy atom. The molecule has 1 spiro atoms. The van der Waals surface area contributed by atoms with Crippen LogP contribution in [0.25, 0.3) is 0 Å². The highest BCUT2D eigenvalue weighted by Crippen LogP contribution is 2.37. The molecule has 2 saturated heterocycles. The summed E-state index contributed by atoms with van der Waals surface area (Å²) in [6.45, 7) is 5.72. The highest BCUT2D eigenvalue weighted by molar-refractivity contribution is 7.98.